The first kappa shape index (κ1) is 11.9. The average molecular weight is 224 g/mol. The van der Waals surface area contributed by atoms with Crippen LogP contribution in [0.1, 0.15) is 6.92 Å². The van der Waals surface area contributed by atoms with E-state index in [9.17, 15) is 0 Å². The highest BCUT2D eigenvalue weighted by Gasteiger charge is 1.97. The number of nitrogen functional groups attached to an aromatic ring is 1. The Morgan fingerprint density at radius 2 is 2.17 bits per heavy atom. The molecule has 0 radical (unpaired) electrons. The number of anilines is 1. The zero-order chi connectivity index (χ0) is 8.27. The van der Waals surface area contributed by atoms with E-state index in [4.69, 9.17) is 17.3 Å². The van der Waals surface area contributed by atoms with Crippen LogP contribution in [0.2, 0.25) is 5.02 Å². The van der Waals surface area contributed by atoms with Gasteiger partial charge < -0.3 is 5.73 Å². The zero-order valence-corrected chi connectivity index (χ0v) is 9.10. The lowest BCUT2D eigenvalue weighted by molar-refractivity contribution is 1.43. The second kappa shape index (κ2) is 5.57. The van der Waals surface area contributed by atoms with Crippen molar-refractivity contribution in [2.24, 2.45) is 0 Å². The summed E-state index contributed by atoms with van der Waals surface area (Å²) in [4.78, 5) is 1.11. The maximum absolute atomic E-state index is 5.73. The van der Waals surface area contributed by atoms with Gasteiger partial charge in [0.2, 0.25) is 0 Å². The van der Waals surface area contributed by atoms with Crippen molar-refractivity contribution in [3.63, 3.8) is 0 Å². The van der Waals surface area contributed by atoms with Crippen LogP contribution in [-0.4, -0.2) is 5.75 Å². The molecule has 0 fully saturated rings. The van der Waals surface area contributed by atoms with Gasteiger partial charge in [0.1, 0.15) is 0 Å². The van der Waals surface area contributed by atoms with Crippen LogP contribution in [0, 0.1) is 0 Å². The van der Waals surface area contributed by atoms with E-state index in [-0.39, 0.29) is 12.4 Å². The summed E-state index contributed by atoms with van der Waals surface area (Å²) >= 11 is 7.45. The normalized spacial score (nSPS) is 9.17. The molecule has 1 rings (SSSR count). The summed E-state index contributed by atoms with van der Waals surface area (Å²) < 4.78 is 0. The van der Waals surface area contributed by atoms with Gasteiger partial charge in [0, 0.05) is 15.6 Å². The third-order valence-electron chi connectivity index (χ3n) is 1.27. The molecule has 0 aliphatic carbocycles. The molecule has 0 aliphatic heterocycles. The quantitative estimate of drug-likeness (QED) is 0.615. The molecule has 1 nitrogen and oxygen atoms in total. The van der Waals surface area contributed by atoms with E-state index < -0.39 is 0 Å². The molecule has 0 amide bonds. The standard InChI is InChI=1S/C8H10ClNS.ClH/c1-2-11-8-4-3-6(9)5-7(8)10;/h3-5H,2,10H2,1H3;1H. The van der Waals surface area contributed by atoms with Crippen molar-refractivity contribution in [1.29, 1.82) is 0 Å². The Morgan fingerprint density at radius 3 is 2.67 bits per heavy atom. The van der Waals surface area contributed by atoms with Gasteiger partial charge in [0.05, 0.1) is 0 Å². The molecular weight excluding hydrogens is 213 g/mol. The number of hydrogen-bond donors (Lipinski definition) is 1. The Hall–Kier alpha value is -0.0500. The van der Waals surface area contributed by atoms with E-state index in [1.165, 1.54) is 0 Å². The Balaban J connectivity index is 0.00000121. The van der Waals surface area contributed by atoms with E-state index in [0.29, 0.717) is 5.02 Å². The van der Waals surface area contributed by atoms with Crippen LogP contribution in [0.3, 0.4) is 0 Å². The molecule has 0 spiro atoms. The van der Waals surface area contributed by atoms with Gasteiger partial charge in [0.25, 0.3) is 0 Å². The van der Waals surface area contributed by atoms with Crippen LogP contribution in [0.25, 0.3) is 0 Å². The summed E-state index contributed by atoms with van der Waals surface area (Å²) in [6.45, 7) is 2.10. The molecule has 0 saturated carbocycles. The Labute approximate surface area is 88.1 Å². The molecule has 1 aromatic rings. The molecule has 0 heterocycles. The molecule has 68 valence electrons. The molecule has 1 aromatic carbocycles. The van der Waals surface area contributed by atoms with Crippen LogP contribution in [0.4, 0.5) is 5.69 Å². The number of nitrogens with two attached hydrogens (primary N) is 1. The smallest absolute Gasteiger partial charge is 0.0467 e. The topological polar surface area (TPSA) is 26.0 Å². The molecule has 0 aliphatic rings. The first-order chi connectivity index (χ1) is 5.24. The van der Waals surface area contributed by atoms with Crippen LogP contribution >= 0.6 is 35.8 Å². The fourth-order valence-electron chi connectivity index (χ4n) is 0.806. The molecule has 0 unspecified atom stereocenters. The molecule has 2 N–H and O–H groups in total. The molecule has 4 heteroatoms. The fourth-order valence-corrected chi connectivity index (χ4v) is 1.69. The lowest BCUT2D eigenvalue weighted by Crippen LogP contribution is -1.87. The number of halogens is 2. The van der Waals surface area contributed by atoms with Gasteiger partial charge in [0.15, 0.2) is 0 Å². The van der Waals surface area contributed by atoms with E-state index >= 15 is 0 Å². The van der Waals surface area contributed by atoms with Crippen molar-refractivity contribution in [2.75, 3.05) is 11.5 Å². The maximum atomic E-state index is 5.73. The van der Waals surface area contributed by atoms with Gasteiger partial charge in [-0.05, 0) is 24.0 Å². The van der Waals surface area contributed by atoms with Crippen LogP contribution in [0.15, 0.2) is 23.1 Å². The Bertz CT molecular complexity index is 253. The molecule has 0 aromatic heterocycles. The summed E-state index contributed by atoms with van der Waals surface area (Å²) in [5, 5.41) is 0.697. The number of hydrogen-bond acceptors (Lipinski definition) is 2. The Kier molecular flexibility index (Phi) is 5.55. The minimum absolute atomic E-state index is 0. The van der Waals surface area contributed by atoms with Gasteiger partial charge in [-0.1, -0.05) is 18.5 Å². The largest absolute Gasteiger partial charge is 0.398 e. The summed E-state index contributed by atoms with van der Waals surface area (Å²) in [5.74, 6) is 1.03. The summed E-state index contributed by atoms with van der Waals surface area (Å²) in [7, 11) is 0. The maximum Gasteiger partial charge on any atom is 0.0467 e. The molecule has 0 bridgehead atoms. The number of thioether (sulfide) groups is 1. The zero-order valence-electron chi connectivity index (χ0n) is 6.71. The second-order valence-electron chi connectivity index (χ2n) is 2.12. The Morgan fingerprint density at radius 1 is 1.50 bits per heavy atom. The van der Waals surface area contributed by atoms with Crippen molar-refractivity contribution in [1.82, 2.24) is 0 Å². The van der Waals surface area contributed by atoms with Crippen LogP contribution in [-0.2, 0) is 0 Å². The van der Waals surface area contributed by atoms with Crippen LogP contribution in [0.5, 0.6) is 0 Å². The van der Waals surface area contributed by atoms with Gasteiger partial charge in [-0.25, -0.2) is 0 Å². The SMILES string of the molecule is CCSc1ccc(Cl)cc1N.Cl. The van der Waals surface area contributed by atoms with Gasteiger partial charge in [-0.3, -0.25) is 0 Å². The predicted molar refractivity (Wildman–Crippen MR) is 59.5 cm³/mol. The van der Waals surface area contributed by atoms with Gasteiger partial charge >= 0.3 is 0 Å². The van der Waals surface area contributed by atoms with Crippen molar-refractivity contribution >= 4 is 41.5 Å². The first-order valence-corrected chi connectivity index (χ1v) is 4.78. The number of benzene rings is 1. The van der Waals surface area contributed by atoms with E-state index in [2.05, 4.69) is 6.92 Å². The monoisotopic (exact) mass is 223 g/mol. The van der Waals surface area contributed by atoms with Crippen LogP contribution < -0.4 is 5.73 Å². The summed E-state index contributed by atoms with van der Waals surface area (Å²) in [6, 6.07) is 5.58. The minimum Gasteiger partial charge on any atom is -0.398 e. The van der Waals surface area contributed by atoms with Crippen molar-refractivity contribution < 1.29 is 0 Å². The average Bonchev–Trinajstić information content (AvgIpc) is 1.95. The highest BCUT2D eigenvalue weighted by atomic mass is 35.5. The third-order valence-corrected chi connectivity index (χ3v) is 2.48. The van der Waals surface area contributed by atoms with Crippen molar-refractivity contribution in [3.05, 3.63) is 23.2 Å². The van der Waals surface area contributed by atoms with Gasteiger partial charge in [-0.15, -0.1) is 24.2 Å². The fraction of sp³-hybridized carbons (Fsp3) is 0.250. The molecule has 0 saturated heterocycles. The van der Waals surface area contributed by atoms with Crippen molar-refractivity contribution in [3.8, 4) is 0 Å². The predicted octanol–water partition coefficient (Wildman–Crippen LogP) is 3.46. The minimum atomic E-state index is 0. The lowest BCUT2D eigenvalue weighted by atomic mass is 10.3. The molecule has 0 atom stereocenters. The van der Waals surface area contributed by atoms with E-state index in [1.807, 2.05) is 12.1 Å². The third kappa shape index (κ3) is 3.13. The highest BCUT2D eigenvalue weighted by Crippen LogP contribution is 2.26. The molecule has 12 heavy (non-hydrogen) atoms. The second-order valence-corrected chi connectivity index (χ2v) is 3.86. The van der Waals surface area contributed by atoms with Crippen molar-refractivity contribution in [2.45, 2.75) is 11.8 Å². The first-order valence-electron chi connectivity index (χ1n) is 3.42. The summed E-state index contributed by atoms with van der Waals surface area (Å²) in [6.07, 6.45) is 0. The summed E-state index contributed by atoms with van der Waals surface area (Å²) in [5.41, 5.74) is 6.47. The van der Waals surface area contributed by atoms with E-state index in [0.717, 1.165) is 16.3 Å². The van der Waals surface area contributed by atoms with E-state index in [1.54, 1.807) is 17.8 Å². The highest BCUT2D eigenvalue weighted by molar-refractivity contribution is 7.99. The number of rotatable bonds is 2. The van der Waals surface area contributed by atoms with Gasteiger partial charge in [-0.2, -0.15) is 0 Å². The lowest BCUT2D eigenvalue weighted by Gasteiger charge is -2.02. The molecular formula is C8H11Cl2NS.